The van der Waals surface area contributed by atoms with Gasteiger partial charge in [-0.25, -0.2) is 4.79 Å². The average molecular weight is 304 g/mol. The number of hydrogen-bond acceptors (Lipinski definition) is 4. The van der Waals surface area contributed by atoms with Crippen molar-refractivity contribution in [1.82, 2.24) is 0 Å². The summed E-state index contributed by atoms with van der Waals surface area (Å²) in [7, 11) is 0. The SMILES string of the molecule is CSCCCOC(=O)c1ccc(Br)c(N)c1. The Kier molecular flexibility index (Phi) is 5.69. The van der Waals surface area contributed by atoms with Crippen LogP contribution in [0.15, 0.2) is 22.7 Å². The van der Waals surface area contributed by atoms with Crippen molar-refractivity contribution in [3.63, 3.8) is 0 Å². The van der Waals surface area contributed by atoms with Crippen molar-refractivity contribution < 1.29 is 9.53 Å². The summed E-state index contributed by atoms with van der Waals surface area (Å²) in [6.45, 7) is 0.454. The minimum atomic E-state index is -0.319. The predicted molar refractivity (Wildman–Crippen MR) is 71.8 cm³/mol. The third kappa shape index (κ3) is 4.06. The van der Waals surface area contributed by atoms with E-state index in [1.807, 2.05) is 6.26 Å². The van der Waals surface area contributed by atoms with Crippen LogP contribution < -0.4 is 5.73 Å². The zero-order valence-corrected chi connectivity index (χ0v) is 11.4. The molecule has 0 radical (unpaired) electrons. The summed E-state index contributed by atoms with van der Waals surface area (Å²) in [6.07, 6.45) is 2.90. The molecule has 1 aromatic carbocycles. The summed E-state index contributed by atoms with van der Waals surface area (Å²) in [5.41, 5.74) is 6.71. The molecule has 0 spiro atoms. The number of rotatable bonds is 5. The van der Waals surface area contributed by atoms with E-state index in [1.165, 1.54) is 0 Å². The van der Waals surface area contributed by atoms with Gasteiger partial charge >= 0.3 is 5.97 Å². The van der Waals surface area contributed by atoms with Gasteiger partial charge in [0.25, 0.3) is 0 Å². The molecule has 0 atom stereocenters. The van der Waals surface area contributed by atoms with Crippen molar-refractivity contribution in [2.24, 2.45) is 0 Å². The van der Waals surface area contributed by atoms with Crippen molar-refractivity contribution in [3.05, 3.63) is 28.2 Å². The van der Waals surface area contributed by atoms with Crippen LogP contribution in [0, 0.1) is 0 Å². The van der Waals surface area contributed by atoms with Crippen LogP contribution in [0.4, 0.5) is 5.69 Å². The van der Waals surface area contributed by atoms with Gasteiger partial charge in [-0.3, -0.25) is 0 Å². The largest absolute Gasteiger partial charge is 0.462 e. The van der Waals surface area contributed by atoms with Crippen LogP contribution in [0.1, 0.15) is 16.8 Å². The maximum absolute atomic E-state index is 11.6. The number of hydrogen-bond donors (Lipinski definition) is 1. The molecular weight excluding hydrogens is 290 g/mol. The highest BCUT2D eigenvalue weighted by Gasteiger charge is 2.08. The number of nitrogens with two attached hydrogens (primary N) is 1. The maximum atomic E-state index is 11.6. The molecular formula is C11H14BrNO2S. The summed E-state index contributed by atoms with van der Waals surface area (Å²) in [4.78, 5) is 11.6. The number of ether oxygens (including phenoxy) is 1. The highest BCUT2D eigenvalue weighted by atomic mass is 79.9. The Morgan fingerprint density at radius 2 is 2.31 bits per heavy atom. The molecule has 3 nitrogen and oxygen atoms in total. The monoisotopic (exact) mass is 303 g/mol. The van der Waals surface area contributed by atoms with Gasteiger partial charge in [0.15, 0.2) is 0 Å². The summed E-state index contributed by atoms with van der Waals surface area (Å²) in [5.74, 6) is 0.677. The van der Waals surface area contributed by atoms with Gasteiger partial charge in [-0.2, -0.15) is 11.8 Å². The molecule has 0 fully saturated rings. The van der Waals surface area contributed by atoms with E-state index in [1.54, 1.807) is 30.0 Å². The van der Waals surface area contributed by atoms with Crippen molar-refractivity contribution in [1.29, 1.82) is 0 Å². The molecule has 0 bridgehead atoms. The first-order valence-corrected chi connectivity index (χ1v) is 7.05. The molecule has 88 valence electrons. The number of carbonyl (C=O) groups excluding carboxylic acids is 1. The molecule has 16 heavy (non-hydrogen) atoms. The first kappa shape index (κ1) is 13.4. The van der Waals surface area contributed by atoms with Gasteiger partial charge in [0, 0.05) is 10.2 Å². The van der Waals surface area contributed by atoms with Gasteiger partial charge < -0.3 is 10.5 Å². The summed E-state index contributed by atoms with van der Waals surface area (Å²) in [6, 6.07) is 5.05. The fraction of sp³-hybridized carbons (Fsp3) is 0.364. The highest BCUT2D eigenvalue weighted by Crippen LogP contribution is 2.20. The van der Waals surface area contributed by atoms with E-state index < -0.39 is 0 Å². The molecule has 0 aliphatic heterocycles. The molecule has 0 amide bonds. The maximum Gasteiger partial charge on any atom is 0.338 e. The van der Waals surface area contributed by atoms with Crippen molar-refractivity contribution in [3.8, 4) is 0 Å². The molecule has 0 saturated carbocycles. The van der Waals surface area contributed by atoms with E-state index in [-0.39, 0.29) is 5.97 Å². The van der Waals surface area contributed by atoms with Crippen LogP contribution in [0.25, 0.3) is 0 Å². The zero-order valence-electron chi connectivity index (χ0n) is 9.03. The first-order chi connectivity index (χ1) is 7.65. The Labute approximate surface area is 108 Å². The molecule has 0 aromatic heterocycles. The number of thioether (sulfide) groups is 1. The number of carbonyl (C=O) groups is 1. The molecule has 5 heteroatoms. The summed E-state index contributed by atoms with van der Waals surface area (Å²) < 4.78 is 5.89. The third-order valence-electron chi connectivity index (χ3n) is 1.96. The normalized spacial score (nSPS) is 10.1. The number of esters is 1. The van der Waals surface area contributed by atoms with Gasteiger partial charge in [-0.1, -0.05) is 0 Å². The molecule has 0 heterocycles. The van der Waals surface area contributed by atoms with Crippen LogP contribution in [-0.4, -0.2) is 24.6 Å². The van der Waals surface area contributed by atoms with E-state index in [2.05, 4.69) is 15.9 Å². The van der Waals surface area contributed by atoms with Crippen molar-refractivity contribution in [2.45, 2.75) is 6.42 Å². The van der Waals surface area contributed by atoms with Gasteiger partial charge in [-0.05, 0) is 52.6 Å². The fourth-order valence-electron chi connectivity index (χ4n) is 1.12. The second kappa shape index (κ2) is 6.81. The third-order valence-corrected chi connectivity index (χ3v) is 3.38. The molecule has 0 aliphatic rings. The zero-order chi connectivity index (χ0) is 12.0. The molecule has 0 saturated heterocycles. The van der Waals surface area contributed by atoms with Gasteiger partial charge in [0.2, 0.25) is 0 Å². The van der Waals surface area contributed by atoms with E-state index in [4.69, 9.17) is 10.5 Å². The van der Waals surface area contributed by atoms with E-state index >= 15 is 0 Å². The van der Waals surface area contributed by atoms with E-state index in [0.717, 1.165) is 16.6 Å². The van der Waals surface area contributed by atoms with Crippen LogP contribution >= 0.6 is 27.7 Å². The lowest BCUT2D eigenvalue weighted by Gasteiger charge is -2.05. The highest BCUT2D eigenvalue weighted by molar-refractivity contribution is 9.10. The first-order valence-electron chi connectivity index (χ1n) is 4.86. The Morgan fingerprint density at radius 1 is 1.56 bits per heavy atom. The number of halogens is 1. The lowest BCUT2D eigenvalue weighted by Crippen LogP contribution is -2.07. The molecule has 0 unspecified atom stereocenters. The predicted octanol–water partition coefficient (Wildman–Crippen LogP) is 2.94. The minimum Gasteiger partial charge on any atom is -0.462 e. The van der Waals surface area contributed by atoms with E-state index in [0.29, 0.717) is 17.9 Å². The lowest BCUT2D eigenvalue weighted by atomic mass is 10.2. The lowest BCUT2D eigenvalue weighted by molar-refractivity contribution is 0.0506. The molecule has 1 rings (SSSR count). The van der Waals surface area contributed by atoms with Crippen LogP contribution in [0.2, 0.25) is 0 Å². The van der Waals surface area contributed by atoms with Crippen LogP contribution in [-0.2, 0) is 4.74 Å². The minimum absolute atomic E-state index is 0.319. The molecule has 2 N–H and O–H groups in total. The Balaban J connectivity index is 2.50. The standard InChI is InChI=1S/C11H14BrNO2S/c1-16-6-2-5-15-11(14)8-3-4-9(12)10(13)7-8/h3-4,7H,2,5-6,13H2,1H3. The van der Waals surface area contributed by atoms with E-state index in [9.17, 15) is 4.79 Å². The number of benzene rings is 1. The second-order valence-electron chi connectivity index (χ2n) is 3.22. The summed E-state index contributed by atoms with van der Waals surface area (Å²) >= 11 is 5.01. The van der Waals surface area contributed by atoms with Crippen molar-refractivity contribution >= 4 is 39.3 Å². The van der Waals surface area contributed by atoms with Crippen LogP contribution in [0.3, 0.4) is 0 Å². The quantitative estimate of drug-likeness (QED) is 0.516. The van der Waals surface area contributed by atoms with Crippen molar-refractivity contribution in [2.75, 3.05) is 24.3 Å². The van der Waals surface area contributed by atoms with Gasteiger partial charge in [0.1, 0.15) is 0 Å². The Hall–Kier alpha value is -0.680. The second-order valence-corrected chi connectivity index (χ2v) is 5.06. The Bertz CT molecular complexity index is 371. The van der Waals surface area contributed by atoms with Gasteiger partial charge in [0.05, 0.1) is 12.2 Å². The average Bonchev–Trinajstić information content (AvgIpc) is 2.28. The Morgan fingerprint density at radius 3 is 2.94 bits per heavy atom. The molecule has 1 aromatic rings. The van der Waals surface area contributed by atoms with Gasteiger partial charge in [-0.15, -0.1) is 0 Å². The molecule has 0 aliphatic carbocycles. The fourth-order valence-corrected chi connectivity index (χ4v) is 1.78. The topological polar surface area (TPSA) is 52.3 Å². The number of anilines is 1. The number of nitrogen functional groups attached to an aromatic ring is 1. The summed E-state index contributed by atoms with van der Waals surface area (Å²) in [5, 5.41) is 0. The smallest absolute Gasteiger partial charge is 0.338 e. The van der Waals surface area contributed by atoms with Crippen LogP contribution in [0.5, 0.6) is 0 Å².